The molecule has 0 fully saturated rings. The van der Waals surface area contributed by atoms with Crippen LogP contribution in [-0.2, 0) is 19.5 Å². The van der Waals surface area contributed by atoms with E-state index in [1.54, 1.807) is 0 Å². The fourth-order valence-electron chi connectivity index (χ4n) is 2.83. The molecule has 31 heavy (non-hydrogen) atoms. The fourth-order valence-corrected chi connectivity index (χ4v) is 4.78. The van der Waals surface area contributed by atoms with Gasteiger partial charge in [0.1, 0.15) is 11.3 Å². The molecule has 0 aliphatic rings. The van der Waals surface area contributed by atoms with Gasteiger partial charge in [0.25, 0.3) is 0 Å². The van der Waals surface area contributed by atoms with Gasteiger partial charge in [0, 0.05) is 5.02 Å². The number of hydrogen-bond acceptors (Lipinski definition) is 6. The molecule has 0 N–H and O–H groups in total. The SMILES string of the molecule is CCOP(=O)(OCC)c1cc2c(=O)c3cc(Cl)ccc3oc2nc1C(F)(F)C(F)(F)F. The molecule has 0 saturated carbocycles. The van der Waals surface area contributed by atoms with Crippen molar-refractivity contribution in [2.24, 2.45) is 0 Å². The molecule has 3 rings (SSSR count). The molecule has 6 nitrogen and oxygen atoms in total. The number of halogens is 6. The van der Waals surface area contributed by atoms with Gasteiger partial charge in [-0.3, -0.25) is 9.36 Å². The highest BCUT2D eigenvalue weighted by atomic mass is 35.5. The van der Waals surface area contributed by atoms with Crippen LogP contribution in [0.25, 0.3) is 22.1 Å². The smallest absolute Gasteiger partial charge is 0.437 e. The Balaban J connectivity index is 2.50. The summed E-state index contributed by atoms with van der Waals surface area (Å²) in [6.45, 7) is 2.00. The van der Waals surface area contributed by atoms with Crippen molar-refractivity contribution in [2.75, 3.05) is 13.2 Å². The van der Waals surface area contributed by atoms with E-state index in [0.29, 0.717) is 6.07 Å². The van der Waals surface area contributed by atoms with Crippen molar-refractivity contribution in [1.82, 2.24) is 4.98 Å². The van der Waals surface area contributed by atoms with E-state index in [0.717, 1.165) is 0 Å². The maximum atomic E-state index is 14.4. The van der Waals surface area contributed by atoms with Crippen molar-refractivity contribution < 1.29 is 40.0 Å². The lowest BCUT2D eigenvalue weighted by molar-refractivity contribution is -0.290. The van der Waals surface area contributed by atoms with Crippen molar-refractivity contribution in [3.05, 3.63) is 45.2 Å². The monoisotopic (exact) mass is 485 g/mol. The van der Waals surface area contributed by atoms with Gasteiger partial charge in [-0.05, 0) is 38.1 Å². The molecule has 13 heteroatoms. The Morgan fingerprint density at radius 1 is 1.06 bits per heavy atom. The highest BCUT2D eigenvalue weighted by molar-refractivity contribution is 7.62. The third kappa shape index (κ3) is 4.07. The predicted octanol–water partition coefficient (Wildman–Crippen LogP) is 5.54. The lowest BCUT2D eigenvalue weighted by atomic mass is 10.1. The quantitative estimate of drug-likeness (QED) is 0.259. The number of hydrogen-bond donors (Lipinski definition) is 0. The van der Waals surface area contributed by atoms with Crippen LogP contribution in [0.3, 0.4) is 0 Å². The van der Waals surface area contributed by atoms with Crippen LogP contribution < -0.4 is 10.7 Å². The van der Waals surface area contributed by atoms with E-state index in [1.807, 2.05) is 0 Å². The first kappa shape index (κ1) is 23.6. The first-order valence-corrected chi connectivity index (χ1v) is 10.7. The van der Waals surface area contributed by atoms with Gasteiger partial charge in [-0.2, -0.15) is 22.0 Å². The Bertz CT molecular complexity index is 1250. The standard InChI is InChI=1S/C18H14ClF5NO5P/c1-3-28-31(27,29-4-2)13-8-11-14(26)10-7-9(19)5-6-12(10)30-16(11)25-15(13)17(20,21)18(22,23)24/h5-8H,3-4H2,1-2H3. The van der Waals surface area contributed by atoms with Crippen LogP contribution in [0.5, 0.6) is 0 Å². The maximum absolute atomic E-state index is 14.4. The first-order chi connectivity index (χ1) is 14.4. The molecule has 0 atom stereocenters. The number of benzene rings is 1. The molecule has 0 spiro atoms. The maximum Gasteiger partial charge on any atom is 0.459 e. The van der Waals surface area contributed by atoms with Crippen LogP contribution in [0.4, 0.5) is 22.0 Å². The molecule has 0 amide bonds. The zero-order chi connectivity index (χ0) is 23.2. The Labute approximate surface area is 176 Å². The van der Waals surface area contributed by atoms with Gasteiger partial charge in [-0.15, -0.1) is 0 Å². The Morgan fingerprint density at radius 2 is 1.68 bits per heavy atom. The number of alkyl halides is 5. The summed E-state index contributed by atoms with van der Waals surface area (Å²) >= 11 is 5.86. The molecule has 2 heterocycles. The van der Waals surface area contributed by atoms with Gasteiger partial charge in [-0.1, -0.05) is 11.6 Å². The topological polar surface area (TPSA) is 78.6 Å². The van der Waals surface area contributed by atoms with Crippen LogP contribution in [0.1, 0.15) is 19.5 Å². The van der Waals surface area contributed by atoms with Crippen LogP contribution >= 0.6 is 19.2 Å². The second kappa shape index (κ2) is 8.12. The molecule has 0 aliphatic heterocycles. The summed E-state index contributed by atoms with van der Waals surface area (Å²) in [6.07, 6.45) is -6.09. The van der Waals surface area contributed by atoms with Crippen molar-refractivity contribution in [3.8, 4) is 0 Å². The fraction of sp³-hybridized carbons (Fsp3) is 0.333. The van der Waals surface area contributed by atoms with Gasteiger partial charge in [0.2, 0.25) is 11.1 Å². The summed E-state index contributed by atoms with van der Waals surface area (Å²) in [4.78, 5) is 16.1. The zero-order valence-electron chi connectivity index (χ0n) is 15.9. The molecule has 2 aromatic heterocycles. The van der Waals surface area contributed by atoms with E-state index in [4.69, 9.17) is 25.1 Å². The second-order valence-corrected chi connectivity index (χ2v) is 8.62. The number of aromatic nitrogens is 1. The second-order valence-electron chi connectivity index (χ2n) is 6.19. The van der Waals surface area contributed by atoms with Crippen LogP contribution in [0.2, 0.25) is 5.02 Å². The minimum atomic E-state index is -6.09. The molecule has 0 saturated heterocycles. The van der Waals surface area contributed by atoms with E-state index >= 15 is 0 Å². The normalized spacial score (nSPS) is 13.3. The van der Waals surface area contributed by atoms with Crippen molar-refractivity contribution in [1.29, 1.82) is 0 Å². The van der Waals surface area contributed by atoms with E-state index in [2.05, 4.69) is 4.98 Å². The summed E-state index contributed by atoms with van der Waals surface area (Å²) < 4.78 is 96.5. The Morgan fingerprint density at radius 3 is 2.23 bits per heavy atom. The third-order valence-electron chi connectivity index (χ3n) is 4.15. The largest absolute Gasteiger partial charge is 0.459 e. The number of pyridine rings is 1. The first-order valence-electron chi connectivity index (χ1n) is 8.77. The van der Waals surface area contributed by atoms with Crippen molar-refractivity contribution >= 4 is 46.6 Å². The Kier molecular flexibility index (Phi) is 6.18. The Hall–Kier alpha value is -2.07. The summed E-state index contributed by atoms with van der Waals surface area (Å²) in [7, 11) is -4.72. The summed E-state index contributed by atoms with van der Waals surface area (Å²) in [5.74, 6) is -5.55. The molecule has 0 radical (unpaired) electrons. The van der Waals surface area contributed by atoms with E-state index in [-0.39, 0.29) is 29.2 Å². The highest BCUT2D eigenvalue weighted by Gasteiger charge is 2.62. The summed E-state index contributed by atoms with van der Waals surface area (Å²) in [6, 6.07) is 4.37. The van der Waals surface area contributed by atoms with E-state index in [9.17, 15) is 31.3 Å². The average Bonchev–Trinajstić information content (AvgIpc) is 2.67. The van der Waals surface area contributed by atoms with Gasteiger partial charge in [-0.25, -0.2) is 4.98 Å². The van der Waals surface area contributed by atoms with Gasteiger partial charge >= 0.3 is 19.7 Å². The molecular formula is C18H14ClF5NO5P. The third-order valence-corrected chi connectivity index (χ3v) is 6.51. The molecule has 1 aromatic carbocycles. The number of rotatable bonds is 6. The number of nitrogens with zero attached hydrogens (tertiary/aromatic N) is 1. The van der Waals surface area contributed by atoms with Crippen molar-refractivity contribution in [2.45, 2.75) is 25.9 Å². The van der Waals surface area contributed by atoms with Gasteiger partial charge < -0.3 is 13.5 Å². The summed E-state index contributed by atoms with van der Waals surface area (Å²) in [5.41, 5.74) is -3.70. The minimum Gasteiger partial charge on any atom is -0.437 e. The van der Waals surface area contributed by atoms with Gasteiger partial charge in [0.05, 0.1) is 29.3 Å². The molecule has 0 bridgehead atoms. The lowest BCUT2D eigenvalue weighted by Gasteiger charge is -2.25. The lowest BCUT2D eigenvalue weighted by Crippen LogP contribution is -2.39. The molecular weight excluding hydrogens is 472 g/mol. The van der Waals surface area contributed by atoms with Crippen LogP contribution in [0, 0.1) is 0 Å². The van der Waals surface area contributed by atoms with Crippen LogP contribution in [0.15, 0.2) is 33.5 Å². The van der Waals surface area contributed by atoms with E-state index < -0.39 is 47.2 Å². The zero-order valence-corrected chi connectivity index (χ0v) is 17.6. The molecule has 168 valence electrons. The van der Waals surface area contributed by atoms with Crippen molar-refractivity contribution in [3.63, 3.8) is 0 Å². The average molecular weight is 486 g/mol. The number of fused-ring (bicyclic) bond motifs is 2. The van der Waals surface area contributed by atoms with Crippen LogP contribution in [-0.4, -0.2) is 24.4 Å². The predicted molar refractivity (Wildman–Crippen MR) is 103 cm³/mol. The minimum absolute atomic E-state index is 0.0780. The molecule has 0 unspecified atom stereocenters. The van der Waals surface area contributed by atoms with E-state index in [1.165, 1.54) is 32.0 Å². The molecule has 3 aromatic rings. The molecule has 0 aliphatic carbocycles. The summed E-state index contributed by atoms with van der Waals surface area (Å²) in [5, 5.41) is -1.60. The highest BCUT2D eigenvalue weighted by Crippen LogP contribution is 2.52. The van der Waals surface area contributed by atoms with Gasteiger partial charge in [0.15, 0.2) is 0 Å².